The van der Waals surface area contributed by atoms with Crippen molar-refractivity contribution in [2.75, 3.05) is 25.0 Å². The van der Waals surface area contributed by atoms with Gasteiger partial charge in [0, 0.05) is 12.5 Å². The molecule has 3 rings (SSSR count). The van der Waals surface area contributed by atoms with Gasteiger partial charge in [-0.1, -0.05) is 42.0 Å². The third-order valence-corrected chi connectivity index (χ3v) is 5.10. The number of phenols is 1. The van der Waals surface area contributed by atoms with Gasteiger partial charge in [0.25, 0.3) is 0 Å². The second-order valence-electron chi connectivity index (χ2n) is 7.32. The summed E-state index contributed by atoms with van der Waals surface area (Å²) in [6, 6.07) is 14.8. The zero-order valence-corrected chi connectivity index (χ0v) is 16.1. The number of aryl methyl sites for hydroxylation is 1. The van der Waals surface area contributed by atoms with Crippen molar-refractivity contribution in [3.8, 4) is 5.75 Å². The van der Waals surface area contributed by atoms with E-state index in [-0.39, 0.29) is 23.5 Å². The summed E-state index contributed by atoms with van der Waals surface area (Å²) in [5.41, 5.74) is 2.72. The number of carbonyl (C=O) groups is 2. The summed E-state index contributed by atoms with van der Waals surface area (Å²) < 4.78 is 0. The molecule has 0 radical (unpaired) electrons. The molecule has 0 unspecified atom stereocenters. The molecular weight excluding hydrogens is 354 g/mol. The van der Waals surface area contributed by atoms with E-state index < -0.39 is 0 Å². The van der Waals surface area contributed by atoms with E-state index in [1.54, 1.807) is 24.3 Å². The van der Waals surface area contributed by atoms with Crippen LogP contribution in [-0.2, 0) is 16.1 Å². The average Bonchev–Trinajstić information content (AvgIpc) is 2.70. The maximum Gasteiger partial charge on any atom is 0.234 e. The van der Waals surface area contributed by atoms with Gasteiger partial charge in [0.1, 0.15) is 5.75 Å². The van der Waals surface area contributed by atoms with Crippen molar-refractivity contribution in [1.29, 1.82) is 0 Å². The minimum Gasteiger partial charge on any atom is -0.506 e. The molecule has 2 aromatic rings. The summed E-state index contributed by atoms with van der Waals surface area (Å²) in [6.45, 7) is 4.32. The van der Waals surface area contributed by atoms with E-state index in [2.05, 4.69) is 15.5 Å². The van der Waals surface area contributed by atoms with Crippen molar-refractivity contribution in [2.24, 2.45) is 5.92 Å². The molecule has 0 bridgehead atoms. The molecule has 6 nitrogen and oxygen atoms in total. The topological polar surface area (TPSA) is 81.7 Å². The van der Waals surface area contributed by atoms with Crippen LogP contribution in [0.5, 0.6) is 5.75 Å². The number of carbonyl (C=O) groups excluding carboxylic acids is 2. The summed E-state index contributed by atoms with van der Waals surface area (Å²) in [5.74, 6) is -0.118. The fourth-order valence-corrected chi connectivity index (χ4v) is 3.33. The van der Waals surface area contributed by atoms with Gasteiger partial charge < -0.3 is 15.7 Å². The molecule has 2 aromatic carbocycles. The third kappa shape index (κ3) is 5.57. The normalized spacial score (nSPS) is 15.2. The number of para-hydroxylation sites is 2. The summed E-state index contributed by atoms with van der Waals surface area (Å²) in [5, 5.41) is 15.5. The molecule has 0 saturated carbocycles. The van der Waals surface area contributed by atoms with Gasteiger partial charge in [-0.15, -0.1) is 0 Å². The second-order valence-corrected chi connectivity index (χ2v) is 7.32. The number of hydrogen-bond donors (Lipinski definition) is 3. The van der Waals surface area contributed by atoms with Gasteiger partial charge in [-0.25, -0.2) is 0 Å². The SMILES string of the molecule is Cc1ccc(CNC(=O)CN2CCC(C(=O)Nc3ccccc3O)CC2)cc1. The molecule has 3 N–H and O–H groups in total. The maximum atomic E-state index is 12.4. The number of rotatable bonds is 6. The van der Waals surface area contributed by atoms with Crippen LogP contribution < -0.4 is 10.6 Å². The zero-order chi connectivity index (χ0) is 19.9. The predicted molar refractivity (Wildman–Crippen MR) is 109 cm³/mol. The van der Waals surface area contributed by atoms with Crippen molar-refractivity contribution < 1.29 is 14.7 Å². The Morgan fingerprint density at radius 2 is 1.75 bits per heavy atom. The van der Waals surface area contributed by atoms with E-state index in [0.29, 0.717) is 44.7 Å². The fraction of sp³-hybridized carbons (Fsp3) is 0.364. The lowest BCUT2D eigenvalue weighted by atomic mass is 9.95. The van der Waals surface area contributed by atoms with E-state index in [1.165, 1.54) is 5.56 Å². The second kappa shape index (κ2) is 9.37. The number of phenolic OH excluding ortho intramolecular Hbond substituents is 1. The molecule has 0 aromatic heterocycles. The van der Waals surface area contributed by atoms with Crippen LogP contribution in [0.15, 0.2) is 48.5 Å². The highest BCUT2D eigenvalue weighted by Gasteiger charge is 2.26. The van der Waals surface area contributed by atoms with Crippen molar-refractivity contribution in [2.45, 2.75) is 26.3 Å². The fourth-order valence-electron chi connectivity index (χ4n) is 3.33. The Hall–Kier alpha value is -2.86. The first-order valence-corrected chi connectivity index (χ1v) is 9.65. The molecule has 6 heteroatoms. The average molecular weight is 381 g/mol. The number of nitrogens with zero attached hydrogens (tertiary/aromatic N) is 1. The molecule has 1 aliphatic heterocycles. The highest BCUT2D eigenvalue weighted by Crippen LogP contribution is 2.24. The molecule has 148 valence electrons. The molecule has 1 fully saturated rings. The molecule has 28 heavy (non-hydrogen) atoms. The maximum absolute atomic E-state index is 12.4. The lowest BCUT2D eigenvalue weighted by Crippen LogP contribution is -2.43. The van der Waals surface area contributed by atoms with Gasteiger partial charge in [0.15, 0.2) is 0 Å². The number of piperidine rings is 1. The highest BCUT2D eigenvalue weighted by atomic mass is 16.3. The Balaban J connectivity index is 1.39. The van der Waals surface area contributed by atoms with Crippen molar-refractivity contribution in [1.82, 2.24) is 10.2 Å². The Kier molecular flexibility index (Phi) is 6.66. The van der Waals surface area contributed by atoms with E-state index in [4.69, 9.17) is 0 Å². The minimum absolute atomic E-state index is 0.00214. The molecule has 0 atom stereocenters. The number of likely N-dealkylation sites (tertiary alicyclic amines) is 1. The van der Waals surface area contributed by atoms with Crippen LogP contribution in [0.25, 0.3) is 0 Å². The van der Waals surface area contributed by atoms with Gasteiger partial charge in [-0.05, 0) is 50.6 Å². The number of anilines is 1. The van der Waals surface area contributed by atoms with Crippen LogP contribution in [0.3, 0.4) is 0 Å². The Labute approximate surface area is 165 Å². The first kappa shape index (κ1) is 19.9. The first-order valence-electron chi connectivity index (χ1n) is 9.65. The van der Waals surface area contributed by atoms with Crippen molar-refractivity contribution >= 4 is 17.5 Å². The summed E-state index contributed by atoms with van der Waals surface area (Å²) in [4.78, 5) is 26.7. The monoisotopic (exact) mass is 381 g/mol. The third-order valence-electron chi connectivity index (χ3n) is 5.10. The van der Waals surface area contributed by atoms with Gasteiger partial charge in [-0.3, -0.25) is 14.5 Å². The molecule has 1 aliphatic rings. The van der Waals surface area contributed by atoms with Crippen LogP contribution in [0.4, 0.5) is 5.69 Å². The molecule has 0 aliphatic carbocycles. The Morgan fingerprint density at radius 3 is 2.43 bits per heavy atom. The van der Waals surface area contributed by atoms with E-state index in [0.717, 1.165) is 5.56 Å². The summed E-state index contributed by atoms with van der Waals surface area (Å²) in [7, 11) is 0. The Morgan fingerprint density at radius 1 is 1.07 bits per heavy atom. The van der Waals surface area contributed by atoms with Crippen LogP contribution >= 0.6 is 0 Å². The molecule has 1 saturated heterocycles. The van der Waals surface area contributed by atoms with Crippen molar-refractivity contribution in [3.05, 3.63) is 59.7 Å². The largest absolute Gasteiger partial charge is 0.506 e. The smallest absolute Gasteiger partial charge is 0.234 e. The standard InChI is InChI=1S/C22H27N3O3/c1-16-6-8-17(9-7-16)14-23-21(27)15-25-12-10-18(11-13-25)22(28)24-19-4-2-3-5-20(19)26/h2-9,18,26H,10-15H2,1H3,(H,23,27)(H,24,28). The molecular formula is C22H27N3O3. The zero-order valence-electron chi connectivity index (χ0n) is 16.1. The van der Waals surface area contributed by atoms with Gasteiger partial charge in [-0.2, -0.15) is 0 Å². The molecule has 0 spiro atoms. The van der Waals surface area contributed by atoms with Gasteiger partial charge in [0.05, 0.1) is 12.2 Å². The first-order chi connectivity index (χ1) is 13.5. The minimum atomic E-state index is -0.105. The molecule has 1 heterocycles. The number of aromatic hydroxyl groups is 1. The number of benzene rings is 2. The summed E-state index contributed by atoms with van der Waals surface area (Å²) >= 11 is 0. The van der Waals surface area contributed by atoms with Gasteiger partial charge >= 0.3 is 0 Å². The lowest BCUT2D eigenvalue weighted by molar-refractivity contribution is -0.123. The predicted octanol–water partition coefficient (Wildman–Crippen LogP) is 2.67. The number of nitrogens with one attached hydrogen (secondary N) is 2. The van der Waals surface area contributed by atoms with Crippen LogP contribution in [0.1, 0.15) is 24.0 Å². The highest BCUT2D eigenvalue weighted by molar-refractivity contribution is 5.93. The van der Waals surface area contributed by atoms with Gasteiger partial charge in [0.2, 0.25) is 11.8 Å². The van der Waals surface area contributed by atoms with Crippen LogP contribution in [-0.4, -0.2) is 41.5 Å². The van der Waals surface area contributed by atoms with E-state index >= 15 is 0 Å². The number of hydrogen-bond acceptors (Lipinski definition) is 4. The van der Waals surface area contributed by atoms with E-state index in [9.17, 15) is 14.7 Å². The number of amides is 2. The lowest BCUT2D eigenvalue weighted by Gasteiger charge is -2.30. The van der Waals surface area contributed by atoms with Crippen molar-refractivity contribution in [3.63, 3.8) is 0 Å². The van der Waals surface area contributed by atoms with E-state index in [1.807, 2.05) is 31.2 Å². The van der Waals surface area contributed by atoms with Crippen LogP contribution in [0.2, 0.25) is 0 Å². The Bertz CT molecular complexity index is 812. The quantitative estimate of drug-likeness (QED) is 0.672. The molecule has 2 amide bonds. The van der Waals surface area contributed by atoms with Crippen LogP contribution in [0, 0.1) is 12.8 Å². The summed E-state index contributed by atoms with van der Waals surface area (Å²) in [6.07, 6.45) is 1.40.